The van der Waals surface area contributed by atoms with Crippen LogP contribution in [0.25, 0.3) is 10.1 Å². The third kappa shape index (κ3) is 2.45. The van der Waals surface area contributed by atoms with E-state index in [1.54, 1.807) is 6.92 Å². The number of nitrogens with two attached hydrogens (primary N) is 1. The van der Waals surface area contributed by atoms with Gasteiger partial charge in [-0.25, -0.2) is 8.42 Å². The standard InChI is InChI=1S/C14H16N2O2S2/c1-3-9-16(4-2)20(17,18)14-11-7-5-6-8-12(11)19-13(14)10-15/h1,5-8H,4,9-10,15H2,2H3. The Morgan fingerprint density at radius 2 is 2.10 bits per heavy atom. The van der Waals surface area contributed by atoms with Crippen LogP contribution in [-0.4, -0.2) is 25.8 Å². The highest BCUT2D eigenvalue weighted by molar-refractivity contribution is 7.89. The topological polar surface area (TPSA) is 63.4 Å². The van der Waals surface area contributed by atoms with E-state index in [-0.39, 0.29) is 13.1 Å². The fourth-order valence-electron chi connectivity index (χ4n) is 2.09. The van der Waals surface area contributed by atoms with Gasteiger partial charge in [-0.1, -0.05) is 31.0 Å². The molecule has 0 aliphatic carbocycles. The minimum Gasteiger partial charge on any atom is -0.326 e. The van der Waals surface area contributed by atoms with Crippen molar-refractivity contribution in [1.82, 2.24) is 4.31 Å². The minimum absolute atomic E-state index is 0.0625. The highest BCUT2D eigenvalue weighted by Crippen LogP contribution is 2.35. The van der Waals surface area contributed by atoms with Crippen molar-refractivity contribution in [3.05, 3.63) is 29.1 Å². The molecule has 0 aliphatic heterocycles. The Hall–Kier alpha value is -1.39. The van der Waals surface area contributed by atoms with Crippen molar-refractivity contribution in [3.63, 3.8) is 0 Å². The predicted octanol–water partition coefficient (Wildman–Crippen LogP) is 2.00. The van der Waals surface area contributed by atoms with Gasteiger partial charge in [-0.2, -0.15) is 4.31 Å². The van der Waals surface area contributed by atoms with E-state index in [4.69, 9.17) is 12.2 Å². The number of benzene rings is 1. The number of hydrogen-bond donors (Lipinski definition) is 1. The molecule has 0 saturated heterocycles. The number of thiophene rings is 1. The normalized spacial score (nSPS) is 11.9. The Labute approximate surface area is 123 Å². The number of nitrogens with zero attached hydrogens (tertiary/aromatic N) is 1. The van der Waals surface area contributed by atoms with Crippen LogP contribution in [0, 0.1) is 12.3 Å². The van der Waals surface area contributed by atoms with Crippen molar-refractivity contribution in [2.75, 3.05) is 13.1 Å². The van der Waals surface area contributed by atoms with E-state index in [1.165, 1.54) is 15.6 Å². The lowest BCUT2D eigenvalue weighted by molar-refractivity contribution is 0.464. The summed E-state index contributed by atoms with van der Waals surface area (Å²) in [5.74, 6) is 2.39. The van der Waals surface area contributed by atoms with E-state index in [1.807, 2.05) is 24.3 Å². The zero-order chi connectivity index (χ0) is 14.8. The van der Waals surface area contributed by atoms with Gasteiger partial charge in [0.1, 0.15) is 4.90 Å². The van der Waals surface area contributed by atoms with Crippen LogP contribution >= 0.6 is 11.3 Å². The SMILES string of the molecule is C#CCN(CC)S(=O)(=O)c1c(CN)sc2ccccc12. The predicted molar refractivity (Wildman–Crippen MR) is 83.0 cm³/mol. The monoisotopic (exact) mass is 308 g/mol. The molecule has 2 N–H and O–H groups in total. The lowest BCUT2D eigenvalue weighted by Crippen LogP contribution is -2.31. The van der Waals surface area contributed by atoms with Gasteiger partial charge >= 0.3 is 0 Å². The van der Waals surface area contributed by atoms with Crippen LogP contribution in [-0.2, 0) is 16.6 Å². The Morgan fingerprint density at radius 1 is 1.40 bits per heavy atom. The van der Waals surface area contributed by atoms with Crippen molar-refractivity contribution in [1.29, 1.82) is 0 Å². The Balaban J connectivity index is 2.70. The largest absolute Gasteiger partial charge is 0.326 e. The van der Waals surface area contributed by atoms with Crippen LogP contribution in [0.2, 0.25) is 0 Å². The molecular weight excluding hydrogens is 292 g/mol. The summed E-state index contributed by atoms with van der Waals surface area (Å²) in [6.07, 6.45) is 5.26. The molecule has 0 aliphatic rings. The first-order chi connectivity index (χ1) is 9.56. The van der Waals surface area contributed by atoms with Gasteiger partial charge in [0.2, 0.25) is 10.0 Å². The summed E-state index contributed by atoms with van der Waals surface area (Å²) in [6, 6.07) is 7.41. The molecule has 0 spiro atoms. The summed E-state index contributed by atoms with van der Waals surface area (Å²) in [7, 11) is -3.62. The van der Waals surface area contributed by atoms with Crippen LogP contribution in [0.1, 0.15) is 11.8 Å². The van der Waals surface area contributed by atoms with Crippen molar-refractivity contribution < 1.29 is 8.42 Å². The number of sulfonamides is 1. The molecule has 0 atom stereocenters. The first-order valence-electron chi connectivity index (χ1n) is 6.20. The van der Waals surface area contributed by atoms with Crippen LogP contribution < -0.4 is 5.73 Å². The first kappa shape index (κ1) is 15.0. The van der Waals surface area contributed by atoms with Gasteiger partial charge in [0.15, 0.2) is 0 Å². The molecule has 106 valence electrons. The third-order valence-corrected chi connectivity index (χ3v) is 6.39. The molecule has 0 saturated carbocycles. The third-order valence-electron chi connectivity index (χ3n) is 3.02. The van der Waals surface area contributed by atoms with Crippen LogP contribution in [0.5, 0.6) is 0 Å². The highest BCUT2D eigenvalue weighted by Gasteiger charge is 2.28. The Bertz CT molecular complexity index is 757. The Morgan fingerprint density at radius 3 is 2.70 bits per heavy atom. The zero-order valence-electron chi connectivity index (χ0n) is 11.2. The number of hydrogen-bond acceptors (Lipinski definition) is 4. The molecular formula is C14H16N2O2S2. The fourth-order valence-corrected chi connectivity index (χ4v) is 5.24. The molecule has 20 heavy (non-hydrogen) atoms. The van der Waals surface area contributed by atoms with Crippen molar-refractivity contribution in [2.45, 2.75) is 18.4 Å². The fraction of sp³-hybridized carbons (Fsp3) is 0.286. The van der Waals surface area contributed by atoms with E-state index in [0.717, 1.165) is 4.70 Å². The van der Waals surface area contributed by atoms with Crippen LogP contribution in [0.4, 0.5) is 0 Å². The van der Waals surface area contributed by atoms with Gasteiger partial charge in [0.25, 0.3) is 0 Å². The van der Waals surface area contributed by atoms with E-state index in [9.17, 15) is 8.42 Å². The second kappa shape index (κ2) is 5.94. The van der Waals surface area contributed by atoms with Gasteiger partial charge < -0.3 is 5.73 Å². The zero-order valence-corrected chi connectivity index (χ0v) is 12.8. The van der Waals surface area contributed by atoms with Gasteiger partial charge in [-0.05, 0) is 6.07 Å². The number of rotatable bonds is 5. The molecule has 1 aromatic heterocycles. The molecule has 2 aromatic rings. The molecule has 0 amide bonds. The van der Waals surface area contributed by atoms with E-state index in [2.05, 4.69) is 5.92 Å². The molecule has 0 radical (unpaired) electrons. The summed E-state index contributed by atoms with van der Waals surface area (Å²) in [5, 5.41) is 0.716. The van der Waals surface area contributed by atoms with Crippen molar-refractivity contribution in [3.8, 4) is 12.3 Å². The summed E-state index contributed by atoms with van der Waals surface area (Å²) in [4.78, 5) is 0.972. The minimum atomic E-state index is -3.62. The lowest BCUT2D eigenvalue weighted by Gasteiger charge is -2.18. The van der Waals surface area contributed by atoms with Gasteiger partial charge in [-0.3, -0.25) is 0 Å². The molecule has 4 nitrogen and oxygen atoms in total. The van der Waals surface area contributed by atoms with E-state index in [0.29, 0.717) is 21.7 Å². The Kier molecular flexibility index (Phi) is 4.45. The second-order valence-electron chi connectivity index (χ2n) is 4.19. The molecule has 0 unspecified atom stereocenters. The molecule has 0 bridgehead atoms. The lowest BCUT2D eigenvalue weighted by atomic mass is 10.2. The molecule has 1 heterocycles. The van der Waals surface area contributed by atoms with Crippen LogP contribution in [0.3, 0.4) is 0 Å². The quantitative estimate of drug-likeness (QED) is 0.859. The van der Waals surface area contributed by atoms with Gasteiger partial charge in [0.05, 0.1) is 6.54 Å². The molecule has 6 heteroatoms. The molecule has 2 rings (SSSR count). The van der Waals surface area contributed by atoms with Crippen molar-refractivity contribution >= 4 is 31.4 Å². The second-order valence-corrected chi connectivity index (χ2v) is 7.20. The van der Waals surface area contributed by atoms with Gasteiger partial charge in [0, 0.05) is 28.1 Å². The summed E-state index contributed by atoms with van der Waals surface area (Å²) in [6.45, 7) is 2.36. The molecule has 0 fully saturated rings. The molecule has 1 aromatic carbocycles. The maximum Gasteiger partial charge on any atom is 0.245 e. The number of fused-ring (bicyclic) bond motifs is 1. The number of terminal acetylenes is 1. The average molecular weight is 308 g/mol. The van der Waals surface area contributed by atoms with E-state index >= 15 is 0 Å². The maximum atomic E-state index is 12.8. The first-order valence-corrected chi connectivity index (χ1v) is 8.46. The summed E-state index contributed by atoms with van der Waals surface area (Å²) >= 11 is 1.41. The average Bonchev–Trinajstić information content (AvgIpc) is 2.83. The van der Waals surface area contributed by atoms with Crippen LogP contribution in [0.15, 0.2) is 29.2 Å². The smallest absolute Gasteiger partial charge is 0.245 e. The summed E-state index contributed by atoms with van der Waals surface area (Å²) < 4.78 is 27.8. The highest BCUT2D eigenvalue weighted by atomic mass is 32.2. The van der Waals surface area contributed by atoms with Gasteiger partial charge in [-0.15, -0.1) is 17.8 Å². The van der Waals surface area contributed by atoms with E-state index < -0.39 is 10.0 Å². The maximum absolute atomic E-state index is 12.8. The van der Waals surface area contributed by atoms with Crippen molar-refractivity contribution in [2.24, 2.45) is 5.73 Å². The summed E-state index contributed by atoms with van der Waals surface area (Å²) in [5.41, 5.74) is 5.71.